The van der Waals surface area contributed by atoms with Crippen molar-refractivity contribution in [3.05, 3.63) is 16.4 Å². The maximum Gasteiger partial charge on any atom is 0.109 e. The molecule has 4 nitrogen and oxygen atoms in total. The third kappa shape index (κ3) is 2.34. The van der Waals surface area contributed by atoms with E-state index in [-0.39, 0.29) is 6.04 Å². The van der Waals surface area contributed by atoms with Crippen LogP contribution in [0.15, 0.2) is 10.7 Å². The lowest BCUT2D eigenvalue weighted by Gasteiger charge is -2.16. The Morgan fingerprint density at radius 2 is 2.29 bits per heavy atom. The number of aliphatic hydroxyl groups is 1. The van der Waals surface area contributed by atoms with Crippen molar-refractivity contribution in [2.45, 2.75) is 26.0 Å². The van der Waals surface area contributed by atoms with Crippen molar-refractivity contribution in [1.82, 2.24) is 15.1 Å². The first-order valence-corrected chi connectivity index (χ1v) is 5.42. The van der Waals surface area contributed by atoms with Crippen LogP contribution in [0.5, 0.6) is 0 Å². The number of hydrogen-bond acceptors (Lipinski definition) is 3. The fourth-order valence-electron chi connectivity index (χ4n) is 1.36. The van der Waals surface area contributed by atoms with Gasteiger partial charge < -0.3 is 10.4 Å². The summed E-state index contributed by atoms with van der Waals surface area (Å²) in [6.07, 6.45) is 1.19. The molecule has 0 amide bonds. The van der Waals surface area contributed by atoms with Gasteiger partial charge in [-0.2, -0.15) is 5.10 Å². The van der Waals surface area contributed by atoms with E-state index in [9.17, 15) is 5.11 Å². The summed E-state index contributed by atoms with van der Waals surface area (Å²) in [5, 5.41) is 17.0. The maximum atomic E-state index is 9.87. The first-order valence-electron chi connectivity index (χ1n) is 4.63. The Kier molecular flexibility index (Phi) is 4.10. The van der Waals surface area contributed by atoms with Gasteiger partial charge in [-0.05, 0) is 36.8 Å². The van der Waals surface area contributed by atoms with Crippen molar-refractivity contribution in [2.75, 3.05) is 13.6 Å². The Hall–Kier alpha value is -0.390. The molecule has 2 N–H and O–H groups in total. The van der Waals surface area contributed by atoms with E-state index in [1.807, 2.05) is 25.6 Å². The lowest BCUT2D eigenvalue weighted by atomic mass is 10.2. The second-order valence-electron chi connectivity index (χ2n) is 3.49. The molecule has 0 aliphatic heterocycles. The lowest BCUT2D eigenvalue weighted by molar-refractivity contribution is 0.163. The van der Waals surface area contributed by atoms with Gasteiger partial charge in [0.15, 0.2) is 0 Å². The molecule has 14 heavy (non-hydrogen) atoms. The fraction of sp³-hybridized carbons (Fsp3) is 0.667. The normalized spacial score (nSPS) is 13.6. The van der Waals surface area contributed by atoms with Crippen molar-refractivity contribution >= 4 is 15.9 Å². The van der Waals surface area contributed by atoms with E-state index in [1.54, 1.807) is 6.20 Å². The van der Waals surface area contributed by atoms with E-state index in [2.05, 4.69) is 26.3 Å². The maximum absolute atomic E-state index is 9.87. The van der Waals surface area contributed by atoms with Gasteiger partial charge in [0.1, 0.15) is 6.10 Å². The number of likely N-dealkylation sites (N-methyl/N-ethyl adjacent to an activating group) is 1. The van der Waals surface area contributed by atoms with E-state index in [0.717, 1.165) is 10.2 Å². The summed E-state index contributed by atoms with van der Waals surface area (Å²) in [5.74, 6) is 0. The second kappa shape index (κ2) is 4.91. The van der Waals surface area contributed by atoms with Crippen LogP contribution >= 0.6 is 15.9 Å². The first kappa shape index (κ1) is 11.7. The van der Waals surface area contributed by atoms with Gasteiger partial charge in [0.25, 0.3) is 0 Å². The van der Waals surface area contributed by atoms with Crippen molar-refractivity contribution in [2.24, 2.45) is 0 Å². The number of nitrogens with one attached hydrogen (secondary N) is 1. The molecule has 0 saturated carbocycles. The minimum Gasteiger partial charge on any atom is -0.385 e. The highest BCUT2D eigenvalue weighted by Crippen LogP contribution is 2.25. The number of aliphatic hydroxyl groups excluding tert-OH is 1. The molecule has 1 heterocycles. The largest absolute Gasteiger partial charge is 0.385 e. The Labute approximate surface area is 92.4 Å². The average molecular weight is 262 g/mol. The van der Waals surface area contributed by atoms with Crippen LogP contribution in [-0.2, 0) is 0 Å². The smallest absolute Gasteiger partial charge is 0.109 e. The van der Waals surface area contributed by atoms with Crippen molar-refractivity contribution in [1.29, 1.82) is 0 Å². The molecule has 1 rings (SSSR count). The van der Waals surface area contributed by atoms with Crippen LogP contribution in [0.4, 0.5) is 0 Å². The summed E-state index contributed by atoms with van der Waals surface area (Å²) < 4.78 is 2.68. The Morgan fingerprint density at radius 3 is 2.79 bits per heavy atom. The molecular formula is C9H16BrN3O. The molecule has 5 heteroatoms. The van der Waals surface area contributed by atoms with Crippen LogP contribution in [-0.4, -0.2) is 28.5 Å². The molecule has 0 aliphatic carbocycles. The van der Waals surface area contributed by atoms with Crippen molar-refractivity contribution in [3.8, 4) is 0 Å². The van der Waals surface area contributed by atoms with Gasteiger partial charge in [-0.15, -0.1) is 0 Å². The number of rotatable bonds is 4. The highest BCUT2D eigenvalue weighted by atomic mass is 79.9. The third-order valence-electron chi connectivity index (χ3n) is 1.99. The second-order valence-corrected chi connectivity index (χ2v) is 4.34. The lowest BCUT2D eigenvalue weighted by Crippen LogP contribution is -2.21. The van der Waals surface area contributed by atoms with Gasteiger partial charge in [0, 0.05) is 12.6 Å². The molecule has 1 aromatic rings. The minimum absolute atomic E-state index is 0.253. The fourth-order valence-corrected chi connectivity index (χ4v) is 1.90. The molecule has 0 saturated heterocycles. The summed E-state index contributed by atoms with van der Waals surface area (Å²) in [7, 11) is 1.81. The van der Waals surface area contributed by atoms with Gasteiger partial charge >= 0.3 is 0 Å². The monoisotopic (exact) mass is 261 g/mol. The summed E-state index contributed by atoms with van der Waals surface area (Å²) >= 11 is 3.38. The topological polar surface area (TPSA) is 50.1 Å². The first-order chi connectivity index (χ1) is 6.57. The van der Waals surface area contributed by atoms with E-state index in [4.69, 9.17) is 0 Å². The molecule has 1 unspecified atom stereocenters. The number of aromatic nitrogens is 2. The predicted octanol–water partition coefficient (Wildman–Crippen LogP) is 1.48. The number of halogens is 1. The van der Waals surface area contributed by atoms with Gasteiger partial charge in [-0.1, -0.05) is 0 Å². The molecule has 0 aliphatic rings. The predicted molar refractivity (Wildman–Crippen MR) is 59.2 cm³/mol. The Morgan fingerprint density at radius 1 is 1.64 bits per heavy atom. The molecule has 0 spiro atoms. The minimum atomic E-state index is -0.528. The van der Waals surface area contributed by atoms with Crippen LogP contribution in [0.2, 0.25) is 0 Å². The molecule has 0 radical (unpaired) electrons. The molecule has 0 bridgehead atoms. The number of hydrogen-bond donors (Lipinski definition) is 2. The highest BCUT2D eigenvalue weighted by molar-refractivity contribution is 9.10. The average Bonchev–Trinajstić information content (AvgIpc) is 2.47. The third-order valence-corrected chi connectivity index (χ3v) is 2.60. The Balaban J connectivity index is 2.98. The van der Waals surface area contributed by atoms with Gasteiger partial charge in [-0.25, -0.2) is 0 Å². The quantitative estimate of drug-likeness (QED) is 0.864. The van der Waals surface area contributed by atoms with Crippen molar-refractivity contribution in [3.63, 3.8) is 0 Å². The van der Waals surface area contributed by atoms with Crippen molar-refractivity contribution < 1.29 is 5.11 Å². The van der Waals surface area contributed by atoms with Crippen LogP contribution in [0, 0.1) is 0 Å². The van der Waals surface area contributed by atoms with Crippen LogP contribution in [0.3, 0.4) is 0 Å². The highest BCUT2D eigenvalue weighted by Gasteiger charge is 2.18. The van der Waals surface area contributed by atoms with E-state index < -0.39 is 6.10 Å². The molecule has 0 aromatic carbocycles. The summed E-state index contributed by atoms with van der Waals surface area (Å²) in [4.78, 5) is 0. The van der Waals surface area contributed by atoms with Crippen LogP contribution in [0.25, 0.3) is 0 Å². The summed E-state index contributed by atoms with van der Waals surface area (Å²) in [5.41, 5.74) is 0.828. The summed E-state index contributed by atoms with van der Waals surface area (Å²) in [6.45, 7) is 4.60. The van der Waals surface area contributed by atoms with E-state index >= 15 is 0 Å². The molecular weight excluding hydrogens is 246 g/mol. The molecule has 1 aromatic heterocycles. The van der Waals surface area contributed by atoms with Gasteiger partial charge in [-0.3, -0.25) is 4.68 Å². The van der Waals surface area contributed by atoms with Crippen LogP contribution in [0.1, 0.15) is 31.7 Å². The van der Waals surface area contributed by atoms with E-state index in [1.165, 1.54) is 0 Å². The molecule has 1 atom stereocenters. The zero-order chi connectivity index (χ0) is 10.7. The van der Waals surface area contributed by atoms with Gasteiger partial charge in [0.05, 0.1) is 16.4 Å². The molecule has 0 fully saturated rings. The van der Waals surface area contributed by atoms with Crippen LogP contribution < -0.4 is 5.32 Å². The summed E-state index contributed by atoms with van der Waals surface area (Å²) in [6, 6.07) is 0.253. The molecule has 80 valence electrons. The van der Waals surface area contributed by atoms with Gasteiger partial charge in [0.2, 0.25) is 0 Å². The number of nitrogens with zero attached hydrogens (tertiary/aromatic N) is 2. The SMILES string of the molecule is CNCC(O)c1c(Br)cnn1C(C)C. The standard InChI is InChI=1S/C9H16BrN3O/c1-6(2)13-9(7(10)4-12-13)8(14)5-11-3/h4,6,8,11,14H,5H2,1-3H3. The zero-order valence-corrected chi connectivity index (χ0v) is 10.2. The Bertz CT molecular complexity index is 298. The zero-order valence-electron chi connectivity index (χ0n) is 8.66. The van der Waals surface area contributed by atoms with E-state index in [0.29, 0.717) is 6.54 Å².